The first-order valence-corrected chi connectivity index (χ1v) is 13.4. The van der Waals surface area contributed by atoms with E-state index in [2.05, 4.69) is 11.9 Å². The smallest absolute Gasteiger partial charge is 0.306 e. The Balaban J connectivity index is 5.28. The van der Waals surface area contributed by atoms with Gasteiger partial charge in [0, 0.05) is 31.2 Å². The van der Waals surface area contributed by atoms with E-state index in [-0.39, 0.29) is 18.8 Å². The molecule has 4 atom stereocenters. The topological polar surface area (TPSA) is 116 Å². The lowest BCUT2D eigenvalue weighted by Crippen LogP contribution is -2.35. The molecule has 0 rings (SSSR count). The molecule has 0 spiro atoms. The molecule has 0 radical (unpaired) electrons. The highest BCUT2D eigenvalue weighted by atomic mass is 32.2. The van der Waals surface area contributed by atoms with Crippen LogP contribution in [-0.2, 0) is 14.3 Å². The zero-order valence-electron chi connectivity index (χ0n) is 22.6. The first kappa shape index (κ1) is 33.5. The van der Waals surface area contributed by atoms with E-state index >= 15 is 0 Å². The summed E-state index contributed by atoms with van der Waals surface area (Å²) < 4.78 is 5.76. The van der Waals surface area contributed by atoms with Crippen LogP contribution in [0.2, 0.25) is 0 Å². The van der Waals surface area contributed by atoms with Crippen molar-refractivity contribution >= 4 is 28.6 Å². The Hall–Kier alpha value is -1.48. The van der Waals surface area contributed by atoms with Crippen molar-refractivity contribution in [3.8, 4) is 0 Å². The largest absolute Gasteiger partial charge is 0.458 e. The number of aliphatic hydroxyl groups excluding tert-OH is 3. The summed E-state index contributed by atoms with van der Waals surface area (Å²) in [4.78, 5) is 29.3. The molecule has 0 amide bonds. The molecule has 3 N–H and O–H groups in total. The van der Waals surface area contributed by atoms with Crippen LogP contribution in [-0.4, -0.2) is 64.1 Å². The molecule has 0 saturated carbocycles. The zero-order valence-corrected chi connectivity index (χ0v) is 23.4. The lowest BCUT2D eigenvalue weighted by atomic mass is 9.77. The van der Waals surface area contributed by atoms with Crippen molar-refractivity contribution in [2.45, 2.75) is 105 Å². The van der Waals surface area contributed by atoms with Crippen molar-refractivity contribution in [1.82, 2.24) is 0 Å². The fraction of sp³-hybridized carbons (Fsp3) is 0.741. The number of nitrogens with zero attached hydrogens (tertiary/aromatic N) is 1. The molecular weight excluding hydrogens is 466 g/mol. The molecule has 0 aromatic rings. The van der Waals surface area contributed by atoms with Gasteiger partial charge in [-0.05, 0) is 37.7 Å². The Morgan fingerprint density at radius 2 is 1.83 bits per heavy atom. The van der Waals surface area contributed by atoms with Crippen LogP contribution in [0.3, 0.4) is 0 Å². The molecule has 8 heteroatoms. The number of Topliss-reactive ketones (excluding diaryl/α,β-unsaturated/α-hetero) is 1. The average molecular weight is 514 g/mol. The van der Waals surface area contributed by atoms with Crippen LogP contribution in [0.1, 0.15) is 86.5 Å². The molecule has 0 aromatic carbocycles. The number of rotatable bonds is 17. The third kappa shape index (κ3) is 14.0. The molecule has 202 valence electrons. The van der Waals surface area contributed by atoms with Crippen LogP contribution in [0.5, 0.6) is 0 Å². The van der Waals surface area contributed by atoms with Crippen molar-refractivity contribution < 1.29 is 29.6 Å². The van der Waals surface area contributed by atoms with E-state index < -0.39 is 35.6 Å². The fourth-order valence-electron chi connectivity index (χ4n) is 3.49. The van der Waals surface area contributed by atoms with Crippen molar-refractivity contribution in [3.05, 3.63) is 23.1 Å². The summed E-state index contributed by atoms with van der Waals surface area (Å²) in [5, 5.41) is 31.8. The molecule has 0 aliphatic rings. The van der Waals surface area contributed by atoms with Gasteiger partial charge in [-0.15, -0.1) is 0 Å². The molecule has 0 fully saturated rings. The fourth-order valence-corrected chi connectivity index (χ4v) is 3.98. The van der Waals surface area contributed by atoms with E-state index in [9.17, 15) is 24.9 Å². The average Bonchev–Trinajstić information content (AvgIpc) is 2.81. The van der Waals surface area contributed by atoms with Gasteiger partial charge in [-0.25, -0.2) is 0 Å². The van der Waals surface area contributed by atoms with Crippen LogP contribution in [0.25, 0.3) is 0 Å². The summed E-state index contributed by atoms with van der Waals surface area (Å²) in [5.41, 5.74) is 0.0301. The van der Waals surface area contributed by atoms with E-state index in [0.29, 0.717) is 24.3 Å². The van der Waals surface area contributed by atoms with E-state index in [4.69, 9.17) is 4.74 Å². The lowest BCUT2D eigenvalue weighted by Gasteiger charge is -2.28. The SMILES string of the molecule is CCCCC[C@@H](O)C[C@H](OC(=O)CCC(C)(C)C(=O)[C@H](C)[C@H](C)O)/C(C)=C/C=C/SC(CO)=NC. The van der Waals surface area contributed by atoms with E-state index in [1.165, 1.54) is 11.8 Å². The van der Waals surface area contributed by atoms with E-state index in [1.54, 1.807) is 46.2 Å². The Morgan fingerprint density at radius 1 is 1.17 bits per heavy atom. The van der Waals surface area contributed by atoms with Gasteiger partial charge >= 0.3 is 5.97 Å². The number of unbranched alkanes of at least 4 members (excludes halogenated alkanes) is 2. The van der Waals surface area contributed by atoms with Crippen molar-refractivity contribution in [2.75, 3.05) is 13.7 Å². The summed E-state index contributed by atoms with van der Waals surface area (Å²) in [6.45, 7) is 10.7. The third-order valence-corrected chi connectivity index (χ3v) is 7.07. The van der Waals surface area contributed by atoms with Crippen LogP contribution >= 0.6 is 11.8 Å². The number of aliphatic hydroxyl groups is 3. The van der Waals surface area contributed by atoms with Crippen molar-refractivity contribution in [3.63, 3.8) is 0 Å². The summed E-state index contributed by atoms with van der Waals surface area (Å²) in [6, 6.07) is 0. The molecule has 0 heterocycles. The first-order valence-electron chi connectivity index (χ1n) is 12.6. The molecule has 0 unspecified atom stereocenters. The number of carbonyl (C=O) groups is 2. The number of thioether (sulfide) groups is 1. The third-order valence-electron chi connectivity index (χ3n) is 6.19. The van der Waals surface area contributed by atoms with Crippen molar-refractivity contribution in [2.24, 2.45) is 16.3 Å². The first-order chi connectivity index (χ1) is 16.4. The maximum Gasteiger partial charge on any atom is 0.306 e. The van der Waals surface area contributed by atoms with Crippen LogP contribution in [0.15, 0.2) is 28.1 Å². The maximum atomic E-state index is 12.7. The number of hydrogen-bond donors (Lipinski definition) is 3. The standard InChI is InChI=1S/C27H47NO6S/c1-8-9-10-13-22(31)17-23(19(2)12-11-16-35-24(18-29)28-7)34-25(32)14-15-27(5,6)26(33)20(3)21(4)30/h11-12,16,20-23,29-31H,8-10,13-15,17-18H2,1-7H3/b16-11+,19-12+,28-24?/t20-,21+,22-,23+/m1/s1. The van der Waals surface area contributed by atoms with Gasteiger partial charge in [0.1, 0.15) is 11.9 Å². The second kappa shape index (κ2) is 17.9. The van der Waals surface area contributed by atoms with E-state index in [1.807, 2.05) is 13.0 Å². The summed E-state index contributed by atoms with van der Waals surface area (Å²) in [5.74, 6) is -1.01. The number of ketones is 1. The Labute approximate surface area is 216 Å². The quantitative estimate of drug-likeness (QED) is 0.0838. The summed E-state index contributed by atoms with van der Waals surface area (Å²) in [6.07, 6.45) is 6.05. The van der Waals surface area contributed by atoms with Gasteiger partial charge < -0.3 is 20.1 Å². The van der Waals surface area contributed by atoms with Crippen molar-refractivity contribution in [1.29, 1.82) is 0 Å². The zero-order chi connectivity index (χ0) is 27.0. The minimum atomic E-state index is -0.763. The van der Waals surface area contributed by atoms with Crippen LogP contribution in [0.4, 0.5) is 0 Å². The molecule has 35 heavy (non-hydrogen) atoms. The number of esters is 1. The Morgan fingerprint density at radius 3 is 2.37 bits per heavy atom. The minimum absolute atomic E-state index is 0.0689. The predicted octanol–water partition coefficient (Wildman–Crippen LogP) is 4.84. The number of carbonyl (C=O) groups excluding carboxylic acids is 2. The molecule has 0 bridgehead atoms. The van der Waals surface area contributed by atoms with Gasteiger partial charge in [-0.1, -0.05) is 70.9 Å². The normalized spacial score (nSPS) is 16.7. The monoisotopic (exact) mass is 513 g/mol. The van der Waals surface area contributed by atoms with Gasteiger partial charge in [-0.2, -0.15) is 0 Å². The highest BCUT2D eigenvalue weighted by Gasteiger charge is 2.34. The summed E-state index contributed by atoms with van der Waals surface area (Å²) in [7, 11) is 1.61. The molecular formula is C27H47NO6S. The highest BCUT2D eigenvalue weighted by molar-refractivity contribution is 8.16. The number of ether oxygens (including phenoxy) is 1. The lowest BCUT2D eigenvalue weighted by molar-refractivity contribution is -0.149. The highest BCUT2D eigenvalue weighted by Crippen LogP contribution is 2.29. The predicted molar refractivity (Wildman–Crippen MR) is 144 cm³/mol. The molecule has 7 nitrogen and oxygen atoms in total. The number of allylic oxidation sites excluding steroid dienone is 2. The van der Waals surface area contributed by atoms with Gasteiger partial charge in [0.15, 0.2) is 0 Å². The Bertz CT molecular complexity index is 729. The Kier molecular flexibility index (Phi) is 17.1. The molecule has 0 aliphatic carbocycles. The van der Waals surface area contributed by atoms with Gasteiger partial charge in [0.05, 0.1) is 23.9 Å². The minimum Gasteiger partial charge on any atom is -0.458 e. The summed E-state index contributed by atoms with van der Waals surface area (Å²) >= 11 is 1.30. The molecule has 0 saturated heterocycles. The van der Waals surface area contributed by atoms with Crippen LogP contribution in [0, 0.1) is 11.3 Å². The van der Waals surface area contributed by atoms with E-state index in [0.717, 1.165) is 24.8 Å². The van der Waals surface area contributed by atoms with Gasteiger partial charge in [0.25, 0.3) is 0 Å². The number of hydrogen-bond acceptors (Lipinski definition) is 8. The van der Waals surface area contributed by atoms with Gasteiger partial charge in [-0.3, -0.25) is 14.6 Å². The van der Waals surface area contributed by atoms with Crippen LogP contribution < -0.4 is 0 Å². The second-order valence-corrected chi connectivity index (χ2v) is 10.8. The van der Waals surface area contributed by atoms with Gasteiger partial charge in [0.2, 0.25) is 0 Å². The second-order valence-electron chi connectivity index (χ2n) is 9.77. The maximum absolute atomic E-state index is 12.7. The number of aliphatic imine (C=N–C) groups is 1. The molecule has 0 aromatic heterocycles. The molecule has 0 aliphatic heterocycles.